The van der Waals surface area contributed by atoms with Gasteiger partial charge in [-0.25, -0.2) is 0 Å². The predicted molar refractivity (Wildman–Crippen MR) is 67.5 cm³/mol. The third-order valence-corrected chi connectivity index (χ3v) is 3.58. The van der Waals surface area contributed by atoms with E-state index in [2.05, 4.69) is 27.4 Å². The number of rotatable bonds is 4. The first-order valence-corrected chi connectivity index (χ1v) is 6.74. The first-order valence-electron chi connectivity index (χ1n) is 5.92. The van der Waals surface area contributed by atoms with Gasteiger partial charge in [0.2, 0.25) is 4.96 Å². The molecule has 0 aliphatic rings. The van der Waals surface area contributed by atoms with E-state index in [1.165, 1.54) is 11.3 Å². The summed E-state index contributed by atoms with van der Waals surface area (Å²) in [5.41, 5.74) is 0.754. The molecule has 3 rings (SSSR count). The summed E-state index contributed by atoms with van der Waals surface area (Å²) in [5.74, 6) is 1.69. The van der Waals surface area contributed by atoms with Crippen LogP contribution in [-0.4, -0.2) is 25.0 Å². The van der Waals surface area contributed by atoms with Crippen LogP contribution in [0.4, 0.5) is 0 Å². The molecule has 0 unspecified atom stereocenters. The Hall–Kier alpha value is -1.76. The van der Waals surface area contributed by atoms with E-state index in [9.17, 15) is 0 Å². The zero-order valence-corrected chi connectivity index (χ0v) is 11.1. The van der Waals surface area contributed by atoms with Crippen LogP contribution in [0.25, 0.3) is 15.7 Å². The molecule has 0 saturated heterocycles. The largest absolute Gasteiger partial charge is 0.361 e. The maximum absolute atomic E-state index is 5.06. The van der Waals surface area contributed by atoms with Crippen LogP contribution >= 0.6 is 11.3 Å². The fourth-order valence-corrected chi connectivity index (χ4v) is 2.53. The molecule has 0 N–H and O–H groups in total. The number of fused-ring (bicyclic) bond motifs is 1. The molecule has 3 heterocycles. The molecular formula is C11H13N5OS. The van der Waals surface area contributed by atoms with Crippen LogP contribution in [0.1, 0.15) is 31.4 Å². The SMILES string of the molecule is CCCCc1nnc2sc(-c3cc(C)on3)nn12. The Labute approximate surface area is 108 Å². The number of aryl methyl sites for hydroxylation is 2. The van der Waals surface area contributed by atoms with Crippen molar-refractivity contribution in [2.24, 2.45) is 0 Å². The summed E-state index contributed by atoms with van der Waals surface area (Å²) in [6.45, 7) is 4.02. The molecule has 6 nitrogen and oxygen atoms in total. The van der Waals surface area contributed by atoms with Crippen molar-refractivity contribution in [2.45, 2.75) is 33.1 Å². The van der Waals surface area contributed by atoms with Crippen LogP contribution in [0.3, 0.4) is 0 Å². The molecule has 0 fully saturated rings. The maximum atomic E-state index is 5.06. The van der Waals surface area contributed by atoms with Gasteiger partial charge in [0, 0.05) is 12.5 Å². The second kappa shape index (κ2) is 4.49. The molecule has 3 aromatic rings. The van der Waals surface area contributed by atoms with Gasteiger partial charge in [-0.3, -0.25) is 0 Å². The molecule has 0 saturated carbocycles. The van der Waals surface area contributed by atoms with Crippen molar-refractivity contribution in [3.05, 3.63) is 17.7 Å². The third kappa shape index (κ3) is 1.90. The molecule has 0 amide bonds. The predicted octanol–water partition coefficient (Wildman–Crippen LogP) is 2.49. The van der Waals surface area contributed by atoms with Gasteiger partial charge < -0.3 is 4.52 Å². The second-order valence-electron chi connectivity index (χ2n) is 4.14. The van der Waals surface area contributed by atoms with E-state index in [0.717, 1.165) is 46.5 Å². The summed E-state index contributed by atoms with van der Waals surface area (Å²) < 4.78 is 6.86. The molecular weight excluding hydrogens is 250 g/mol. The van der Waals surface area contributed by atoms with Crippen molar-refractivity contribution in [1.82, 2.24) is 25.0 Å². The van der Waals surface area contributed by atoms with E-state index in [-0.39, 0.29) is 0 Å². The van der Waals surface area contributed by atoms with Crippen LogP contribution in [-0.2, 0) is 6.42 Å². The van der Waals surface area contributed by atoms with E-state index in [4.69, 9.17) is 4.52 Å². The average Bonchev–Trinajstić information content (AvgIpc) is 3.01. The second-order valence-corrected chi connectivity index (χ2v) is 5.10. The first kappa shape index (κ1) is 11.3. The molecule has 0 aliphatic heterocycles. The van der Waals surface area contributed by atoms with Gasteiger partial charge in [-0.15, -0.1) is 10.2 Å². The maximum Gasteiger partial charge on any atom is 0.235 e. The van der Waals surface area contributed by atoms with Gasteiger partial charge >= 0.3 is 0 Å². The molecule has 0 aromatic carbocycles. The lowest BCUT2D eigenvalue weighted by Crippen LogP contribution is -1.96. The quantitative estimate of drug-likeness (QED) is 0.723. The summed E-state index contributed by atoms with van der Waals surface area (Å²) in [6, 6.07) is 1.87. The van der Waals surface area contributed by atoms with Crippen molar-refractivity contribution in [3.63, 3.8) is 0 Å². The van der Waals surface area contributed by atoms with Crippen LogP contribution in [0, 0.1) is 6.92 Å². The minimum absolute atomic E-state index is 0.754. The lowest BCUT2D eigenvalue weighted by atomic mass is 10.2. The highest BCUT2D eigenvalue weighted by atomic mass is 32.1. The monoisotopic (exact) mass is 263 g/mol. The summed E-state index contributed by atoms with van der Waals surface area (Å²) in [5, 5.41) is 17.6. The Morgan fingerprint density at radius 3 is 3.00 bits per heavy atom. The third-order valence-electron chi connectivity index (χ3n) is 2.66. The highest BCUT2D eigenvalue weighted by Crippen LogP contribution is 2.25. The van der Waals surface area contributed by atoms with Crippen LogP contribution in [0.5, 0.6) is 0 Å². The zero-order chi connectivity index (χ0) is 12.5. The van der Waals surface area contributed by atoms with Gasteiger partial charge in [0.15, 0.2) is 10.8 Å². The van der Waals surface area contributed by atoms with Crippen molar-refractivity contribution >= 4 is 16.3 Å². The summed E-state index contributed by atoms with van der Waals surface area (Å²) in [6.07, 6.45) is 3.13. The molecule has 0 radical (unpaired) electrons. The van der Waals surface area contributed by atoms with E-state index in [0.29, 0.717) is 0 Å². The van der Waals surface area contributed by atoms with Crippen LogP contribution in [0.15, 0.2) is 10.6 Å². The van der Waals surface area contributed by atoms with Crippen molar-refractivity contribution in [3.8, 4) is 10.7 Å². The van der Waals surface area contributed by atoms with Gasteiger partial charge in [-0.1, -0.05) is 29.8 Å². The van der Waals surface area contributed by atoms with Gasteiger partial charge in [-0.2, -0.15) is 9.61 Å². The van der Waals surface area contributed by atoms with E-state index < -0.39 is 0 Å². The van der Waals surface area contributed by atoms with Crippen LogP contribution < -0.4 is 0 Å². The molecule has 0 atom stereocenters. The Kier molecular flexibility index (Phi) is 2.83. The van der Waals surface area contributed by atoms with E-state index in [1.54, 1.807) is 4.52 Å². The standard InChI is InChI=1S/C11H13N5OS/c1-3-4-5-9-12-13-11-16(9)14-10(18-11)8-6-7(2)17-15-8/h6H,3-5H2,1-2H3. The van der Waals surface area contributed by atoms with Crippen molar-refractivity contribution in [1.29, 1.82) is 0 Å². The number of hydrogen-bond donors (Lipinski definition) is 0. The fraction of sp³-hybridized carbons (Fsp3) is 0.455. The highest BCUT2D eigenvalue weighted by Gasteiger charge is 2.14. The average molecular weight is 263 g/mol. The van der Waals surface area contributed by atoms with Crippen molar-refractivity contribution < 1.29 is 4.52 Å². The number of hydrogen-bond acceptors (Lipinski definition) is 6. The van der Waals surface area contributed by atoms with Gasteiger partial charge in [0.25, 0.3) is 0 Å². The van der Waals surface area contributed by atoms with Crippen molar-refractivity contribution in [2.75, 3.05) is 0 Å². The Balaban J connectivity index is 1.98. The lowest BCUT2D eigenvalue weighted by Gasteiger charge is -1.92. The number of unbranched alkanes of at least 4 members (excludes halogenated alkanes) is 1. The number of aromatic nitrogens is 5. The van der Waals surface area contributed by atoms with Gasteiger partial charge in [-0.05, 0) is 13.3 Å². The summed E-state index contributed by atoms with van der Waals surface area (Å²) in [7, 11) is 0. The van der Waals surface area contributed by atoms with Crippen LogP contribution in [0.2, 0.25) is 0 Å². The smallest absolute Gasteiger partial charge is 0.235 e. The van der Waals surface area contributed by atoms with Gasteiger partial charge in [0.1, 0.15) is 11.5 Å². The molecule has 0 aliphatic carbocycles. The van der Waals surface area contributed by atoms with E-state index >= 15 is 0 Å². The normalized spacial score (nSPS) is 11.4. The molecule has 18 heavy (non-hydrogen) atoms. The minimum atomic E-state index is 0.754. The summed E-state index contributed by atoms with van der Waals surface area (Å²) >= 11 is 1.47. The zero-order valence-electron chi connectivity index (χ0n) is 10.3. The van der Waals surface area contributed by atoms with E-state index in [1.807, 2.05) is 13.0 Å². The summed E-state index contributed by atoms with van der Waals surface area (Å²) in [4.78, 5) is 0.803. The highest BCUT2D eigenvalue weighted by molar-refractivity contribution is 7.19. The Bertz CT molecular complexity index is 668. The molecule has 3 aromatic heterocycles. The molecule has 0 bridgehead atoms. The molecule has 94 valence electrons. The molecule has 0 spiro atoms. The Morgan fingerprint density at radius 2 is 2.28 bits per heavy atom. The number of nitrogens with zero attached hydrogens (tertiary/aromatic N) is 5. The lowest BCUT2D eigenvalue weighted by molar-refractivity contribution is 0.399. The fourth-order valence-electron chi connectivity index (χ4n) is 1.72. The minimum Gasteiger partial charge on any atom is -0.361 e. The molecule has 7 heteroatoms. The Morgan fingerprint density at radius 1 is 1.39 bits per heavy atom. The van der Waals surface area contributed by atoms with Gasteiger partial charge in [0.05, 0.1) is 0 Å². The topological polar surface area (TPSA) is 69.1 Å². The first-order chi connectivity index (χ1) is 8.78.